The topological polar surface area (TPSA) is 47.8 Å². The van der Waals surface area contributed by atoms with E-state index >= 15 is 0 Å². The molecule has 0 radical (unpaired) electrons. The van der Waals surface area contributed by atoms with Gasteiger partial charge in [-0.2, -0.15) is 18.3 Å². The van der Waals surface area contributed by atoms with Crippen LogP contribution in [0.3, 0.4) is 0 Å². The van der Waals surface area contributed by atoms with Gasteiger partial charge in [-0.25, -0.2) is 9.67 Å². The monoisotopic (exact) mass is 297 g/mol. The molecule has 2 rings (SSSR count). The fraction of sp³-hybridized carbons (Fsp3) is 0.357. The zero-order chi connectivity index (χ0) is 15.6. The zero-order valence-corrected chi connectivity index (χ0v) is 11.6. The highest BCUT2D eigenvalue weighted by molar-refractivity contribution is 5.97. The maximum atomic E-state index is 12.6. The molecule has 0 saturated carbocycles. The number of Topliss-reactive ketones (excluding diaryl/α,β-unsaturated/α-hetero) is 1. The van der Waals surface area contributed by atoms with E-state index in [2.05, 4.69) is 10.1 Å². The molecule has 2 aromatic rings. The summed E-state index contributed by atoms with van der Waals surface area (Å²) >= 11 is 0. The first-order chi connectivity index (χ1) is 9.79. The molecule has 4 nitrogen and oxygen atoms in total. The molecule has 0 aliphatic carbocycles. The van der Waals surface area contributed by atoms with Crippen LogP contribution >= 0.6 is 0 Å². The van der Waals surface area contributed by atoms with Crippen molar-refractivity contribution in [2.45, 2.75) is 32.5 Å². The third-order valence-corrected chi connectivity index (χ3v) is 2.97. The number of alkyl halides is 3. The third-order valence-electron chi connectivity index (χ3n) is 2.97. The maximum Gasteiger partial charge on any atom is 0.416 e. The molecule has 0 spiro atoms. The first kappa shape index (κ1) is 15.2. The second-order valence-corrected chi connectivity index (χ2v) is 4.89. The van der Waals surface area contributed by atoms with Crippen LogP contribution in [0, 0.1) is 0 Å². The quantitative estimate of drug-likeness (QED) is 0.813. The van der Waals surface area contributed by atoms with E-state index in [-0.39, 0.29) is 18.0 Å². The second kappa shape index (κ2) is 5.67. The van der Waals surface area contributed by atoms with Crippen LogP contribution < -0.4 is 0 Å². The summed E-state index contributed by atoms with van der Waals surface area (Å²) in [4.78, 5) is 16.1. The Bertz CT molecular complexity index is 647. The van der Waals surface area contributed by atoms with E-state index in [0.29, 0.717) is 5.82 Å². The number of nitrogens with zero attached hydrogens (tertiary/aromatic N) is 3. The number of benzene rings is 1. The number of ketones is 1. The summed E-state index contributed by atoms with van der Waals surface area (Å²) in [5, 5.41) is 3.99. The van der Waals surface area contributed by atoms with Gasteiger partial charge in [0.25, 0.3) is 0 Å². The lowest BCUT2D eigenvalue weighted by Gasteiger charge is -2.10. The minimum Gasteiger partial charge on any atom is -0.294 e. The largest absolute Gasteiger partial charge is 0.416 e. The zero-order valence-electron chi connectivity index (χ0n) is 11.6. The van der Waals surface area contributed by atoms with E-state index in [9.17, 15) is 18.0 Å². The fourth-order valence-electron chi connectivity index (χ4n) is 1.95. The van der Waals surface area contributed by atoms with Crippen molar-refractivity contribution in [2.24, 2.45) is 0 Å². The predicted molar refractivity (Wildman–Crippen MR) is 69.9 cm³/mol. The summed E-state index contributed by atoms with van der Waals surface area (Å²) in [6.07, 6.45) is -3.22. The average Bonchev–Trinajstić information content (AvgIpc) is 2.86. The number of halogens is 3. The Morgan fingerprint density at radius 3 is 2.67 bits per heavy atom. The molecule has 0 saturated heterocycles. The summed E-state index contributed by atoms with van der Waals surface area (Å²) in [5.41, 5.74) is -0.818. The molecule has 0 N–H and O–H groups in total. The van der Waals surface area contributed by atoms with Crippen molar-refractivity contribution in [3.63, 3.8) is 0 Å². The SMILES string of the molecule is CC(C)n1ncnc1CC(=O)c1cccc(C(F)(F)F)c1. The number of hydrogen-bond acceptors (Lipinski definition) is 3. The molecule has 0 fully saturated rings. The van der Waals surface area contributed by atoms with E-state index in [1.165, 1.54) is 18.5 Å². The smallest absolute Gasteiger partial charge is 0.294 e. The summed E-state index contributed by atoms with van der Waals surface area (Å²) in [7, 11) is 0. The highest BCUT2D eigenvalue weighted by Gasteiger charge is 2.31. The van der Waals surface area contributed by atoms with Gasteiger partial charge < -0.3 is 0 Å². The molecule has 1 aromatic carbocycles. The Kier molecular flexibility index (Phi) is 4.11. The van der Waals surface area contributed by atoms with E-state index in [1.54, 1.807) is 4.68 Å². The lowest BCUT2D eigenvalue weighted by atomic mass is 10.0. The molecule has 0 aliphatic heterocycles. The summed E-state index contributed by atoms with van der Waals surface area (Å²) < 4.78 is 39.5. The Labute approximate surface area is 119 Å². The van der Waals surface area contributed by atoms with E-state index in [4.69, 9.17) is 0 Å². The van der Waals surface area contributed by atoms with Crippen LogP contribution in [-0.2, 0) is 12.6 Å². The summed E-state index contributed by atoms with van der Waals surface area (Å²) in [5.74, 6) is 0.0170. The number of hydrogen-bond donors (Lipinski definition) is 0. The lowest BCUT2D eigenvalue weighted by Crippen LogP contribution is -2.14. The van der Waals surface area contributed by atoms with Gasteiger partial charge in [0.15, 0.2) is 5.78 Å². The van der Waals surface area contributed by atoms with Crippen molar-refractivity contribution in [3.05, 3.63) is 47.5 Å². The molecular formula is C14H14F3N3O. The van der Waals surface area contributed by atoms with Gasteiger partial charge in [0, 0.05) is 11.6 Å². The van der Waals surface area contributed by atoms with E-state index < -0.39 is 17.5 Å². The summed E-state index contributed by atoms with van der Waals surface area (Å²) in [6.45, 7) is 3.76. The maximum absolute atomic E-state index is 12.6. The Morgan fingerprint density at radius 1 is 1.33 bits per heavy atom. The highest BCUT2D eigenvalue weighted by atomic mass is 19.4. The fourth-order valence-corrected chi connectivity index (χ4v) is 1.95. The van der Waals surface area contributed by atoms with E-state index in [1.807, 2.05) is 13.8 Å². The first-order valence-corrected chi connectivity index (χ1v) is 6.38. The molecule has 0 amide bonds. The van der Waals surface area contributed by atoms with Crippen molar-refractivity contribution in [1.29, 1.82) is 0 Å². The second-order valence-electron chi connectivity index (χ2n) is 4.89. The minimum atomic E-state index is -4.46. The Balaban J connectivity index is 2.23. The Morgan fingerprint density at radius 2 is 2.05 bits per heavy atom. The van der Waals surface area contributed by atoms with Gasteiger partial charge >= 0.3 is 6.18 Å². The first-order valence-electron chi connectivity index (χ1n) is 6.38. The number of carbonyl (C=O) groups is 1. The van der Waals surface area contributed by atoms with Crippen molar-refractivity contribution in [1.82, 2.24) is 14.8 Å². The molecule has 7 heteroatoms. The van der Waals surface area contributed by atoms with Crippen LogP contribution in [0.5, 0.6) is 0 Å². The highest BCUT2D eigenvalue weighted by Crippen LogP contribution is 2.29. The molecule has 1 heterocycles. The molecule has 0 aliphatic rings. The minimum absolute atomic E-state index is 0.0168. The molecule has 0 bridgehead atoms. The van der Waals surface area contributed by atoms with Crippen LogP contribution in [0.4, 0.5) is 13.2 Å². The van der Waals surface area contributed by atoms with Gasteiger partial charge in [-0.15, -0.1) is 0 Å². The van der Waals surface area contributed by atoms with Crippen molar-refractivity contribution < 1.29 is 18.0 Å². The van der Waals surface area contributed by atoms with Crippen LogP contribution in [-0.4, -0.2) is 20.5 Å². The molecule has 0 atom stereocenters. The molecule has 0 unspecified atom stereocenters. The van der Waals surface area contributed by atoms with Crippen LogP contribution in [0.2, 0.25) is 0 Å². The third kappa shape index (κ3) is 3.48. The van der Waals surface area contributed by atoms with Crippen LogP contribution in [0.1, 0.15) is 41.6 Å². The van der Waals surface area contributed by atoms with Gasteiger partial charge in [0.1, 0.15) is 12.2 Å². The number of aromatic nitrogens is 3. The molecule has 112 valence electrons. The van der Waals surface area contributed by atoms with Crippen molar-refractivity contribution in [2.75, 3.05) is 0 Å². The Hall–Kier alpha value is -2.18. The molecule has 21 heavy (non-hydrogen) atoms. The van der Waals surface area contributed by atoms with Crippen molar-refractivity contribution in [3.8, 4) is 0 Å². The summed E-state index contributed by atoms with van der Waals surface area (Å²) in [6, 6.07) is 4.42. The van der Waals surface area contributed by atoms with Gasteiger partial charge in [-0.3, -0.25) is 4.79 Å². The van der Waals surface area contributed by atoms with Crippen molar-refractivity contribution >= 4 is 5.78 Å². The average molecular weight is 297 g/mol. The van der Waals surface area contributed by atoms with Gasteiger partial charge in [-0.1, -0.05) is 12.1 Å². The normalized spacial score (nSPS) is 11.9. The lowest BCUT2D eigenvalue weighted by molar-refractivity contribution is -0.137. The number of carbonyl (C=O) groups excluding carboxylic acids is 1. The van der Waals surface area contributed by atoms with Crippen LogP contribution in [0.25, 0.3) is 0 Å². The standard InChI is InChI=1S/C14H14F3N3O/c1-9(2)20-13(18-8-19-20)7-12(21)10-4-3-5-11(6-10)14(15,16)17/h3-6,8-9H,7H2,1-2H3. The molecular weight excluding hydrogens is 283 g/mol. The van der Waals surface area contributed by atoms with Gasteiger partial charge in [0.05, 0.1) is 12.0 Å². The number of rotatable bonds is 4. The van der Waals surface area contributed by atoms with E-state index in [0.717, 1.165) is 12.1 Å². The van der Waals surface area contributed by atoms with Gasteiger partial charge in [-0.05, 0) is 26.0 Å². The van der Waals surface area contributed by atoms with Gasteiger partial charge in [0.2, 0.25) is 0 Å². The predicted octanol–water partition coefficient (Wildman–Crippen LogP) is 3.30. The van der Waals surface area contributed by atoms with Crippen LogP contribution in [0.15, 0.2) is 30.6 Å². The molecule has 1 aromatic heterocycles.